The molecule has 2 heterocycles. The van der Waals surface area contributed by atoms with E-state index in [1.165, 1.54) is 0 Å². The molecule has 5 heteroatoms. The molecule has 0 bridgehead atoms. The Labute approximate surface area is 144 Å². The highest BCUT2D eigenvalue weighted by molar-refractivity contribution is 5.93. The Hall–Kier alpha value is -3.60. The molecule has 0 atom stereocenters. The van der Waals surface area contributed by atoms with Gasteiger partial charge in [0.15, 0.2) is 5.65 Å². The van der Waals surface area contributed by atoms with Crippen LogP contribution in [0.2, 0.25) is 0 Å². The number of rotatable bonds is 3. The number of para-hydroxylation sites is 2. The fourth-order valence-electron chi connectivity index (χ4n) is 3.07. The monoisotopic (exact) mass is 325 g/mol. The van der Waals surface area contributed by atoms with Crippen molar-refractivity contribution in [1.82, 2.24) is 19.4 Å². The van der Waals surface area contributed by atoms with Crippen molar-refractivity contribution in [3.63, 3.8) is 0 Å². The van der Waals surface area contributed by atoms with Crippen LogP contribution in [-0.4, -0.2) is 19.4 Å². The molecule has 0 saturated carbocycles. The van der Waals surface area contributed by atoms with Gasteiger partial charge in [0.2, 0.25) is 5.95 Å². The first kappa shape index (κ1) is 13.8. The number of fused-ring (bicyclic) bond motifs is 3. The standard InChI is InChI=1S/C20H15N5/c1-3-9-15(10-4-1)21-20-23-25-19(17-13-7-8-14-18(17)22-25)24(20)16-11-5-2-6-12-16/h1-14H,(H,21,23). The molecule has 0 aliphatic heterocycles. The molecular weight excluding hydrogens is 310 g/mol. The molecule has 0 amide bonds. The third kappa shape index (κ3) is 2.25. The van der Waals surface area contributed by atoms with Crippen LogP contribution in [-0.2, 0) is 0 Å². The number of hydrogen-bond donors (Lipinski definition) is 1. The van der Waals surface area contributed by atoms with Gasteiger partial charge in [0, 0.05) is 11.1 Å². The van der Waals surface area contributed by atoms with Crippen molar-refractivity contribution in [3.05, 3.63) is 84.9 Å². The normalized spacial score (nSPS) is 11.2. The van der Waals surface area contributed by atoms with Crippen molar-refractivity contribution in [3.8, 4) is 5.69 Å². The van der Waals surface area contributed by atoms with E-state index in [2.05, 4.69) is 38.3 Å². The molecule has 3 aromatic carbocycles. The van der Waals surface area contributed by atoms with E-state index in [0.717, 1.165) is 33.9 Å². The second-order valence-electron chi connectivity index (χ2n) is 5.82. The van der Waals surface area contributed by atoms with E-state index >= 15 is 0 Å². The highest BCUT2D eigenvalue weighted by Gasteiger charge is 2.17. The molecule has 0 unspecified atom stereocenters. The molecule has 0 saturated heterocycles. The summed E-state index contributed by atoms with van der Waals surface area (Å²) in [7, 11) is 0. The topological polar surface area (TPSA) is 47.1 Å². The summed E-state index contributed by atoms with van der Waals surface area (Å²) in [6.07, 6.45) is 0. The molecule has 1 N–H and O–H groups in total. The summed E-state index contributed by atoms with van der Waals surface area (Å²) < 4.78 is 3.80. The molecule has 5 aromatic rings. The van der Waals surface area contributed by atoms with Crippen molar-refractivity contribution in [2.75, 3.05) is 5.32 Å². The number of nitrogens with zero attached hydrogens (tertiary/aromatic N) is 4. The summed E-state index contributed by atoms with van der Waals surface area (Å²) in [6.45, 7) is 0. The maximum Gasteiger partial charge on any atom is 0.234 e. The van der Waals surface area contributed by atoms with Crippen molar-refractivity contribution >= 4 is 28.2 Å². The van der Waals surface area contributed by atoms with Gasteiger partial charge in [0.25, 0.3) is 0 Å². The zero-order valence-electron chi connectivity index (χ0n) is 13.4. The van der Waals surface area contributed by atoms with Crippen molar-refractivity contribution in [2.45, 2.75) is 0 Å². The summed E-state index contributed by atoms with van der Waals surface area (Å²) >= 11 is 0. The Morgan fingerprint density at radius 1 is 0.680 bits per heavy atom. The van der Waals surface area contributed by atoms with Gasteiger partial charge in [-0.05, 0) is 36.4 Å². The van der Waals surface area contributed by atoms with E-state index in [9.17, 15) is 0 Å². The SMILES string of the molecule is c1ccc(Nc2nn3nc4ccccc4c3n2-c2ccccc2)cc1. The van der Waals surface area contributed by atoms with Crippen LogP contribution in [0.1, 0.15) is 0 Å². The Bertz CT molecular complexity index is 1160. The number of aromatic nitrogens is 4. The van der Waals surface area contributed by atoms with Crippen LogP contribution in [0, 0.1) is 0 Å². The highest BCUT2D eigenvalue weighted by atomic mass is 15.5. The van der Waals surface area contributed by atoms with E-state index < -0.39 is 0 Å². The van der Waals surface area contributed by atoms with Gasteiger partial charge in [0.05, 0.1) is 11.2 Å². The summed E-state index contributed by atoms with van der Waals surface area (Å²) in [5.74, 6) is 0.727. The van der Waals surface area contributed by atoms with Crippen LogP contribution in [0.15, 0.2) is 84.9 Å². The van der Waals surface area contributed by atoms with E-state index in [-0.39, 0.29) is 0 Å². The predicted molar refractivity (Wildman–Crippen MR) is 99.5 cm³/mol. The van der Waals surface area contributed by atoms with Crippen LogP contribution >= 0.6 is 0 Å². The Morgan fingerprint density at radius 3 is 2.16 bits per heavy atom. The van der Waals surface area contributed by atoms with Gasteiger partial charge in [-0.2, -0.15) is 0 Å². The number of nitrogens with one attached hydrogen (secondary N) is 1. The molecule has 5 nitrogen and oxygen atoms in total. The molecule has 25 heavy (non-hydrogen) atoms. The minimum atomic E-state index is 0.727. The summed E-state index contributed by atoms with van der Waals surface area (Å²) in [5, 5.41) is 13.8. The van der Waals surface area contributed by atoms with Crippen LogP contribution in [0.5, 0.6) is 0 Å². The number of benzene rings is 3. The molecular formula is C20H15N5. The van der Waals surface area contributed by atoms with E-state index in [4.69, 9.17) is 0 Å². The van der Waals surface area contributed by atoms with Gasteiger partial charge in [-0.1, -0.05) is 48.5 Å². The van der Waals surface area contributed by atoms with E-state index in [1.807, 2.05) is 66.7 Å². The second kappa shape index (κ2) is 5.49. The highest BCUT2D eigenvalue weighted by Crippen LogP contribution is 2.27. The number of anilines is 2. The molecule has 120 valence electrons. The Kier molecular flexibility index (Phi) is 3.03. The molecule has 2 aromatic heterocycles. The maximum atomic E-state index is 4.68. The third-order valence-electron chi connectivity index (χ3n) is 4.19. The first-order valence-electron chi connectivity index (χ1n) is 8.14. The quantitative estimate of drug-likeness (QED) is 0.534. The lowest BCUT2D eigenvalue weighted by atomic mass is 10.2. The molecule has 0 aliphatic rings. The van der Waals surface area contributed by atoms with Crippen LogP contribution in [0.25, 0.3) is 22.2 Å². The summed E-state index contributed by atoms with van der Waals surface area (Å²) in [5.41, 5.74) is 3.90. The van der Waals surface area contributed by atoms with Gasteiger partial charge in [-0.3, -0.25) is 4.57 Å². The lowest BCUT2D eigenvalue weighted by Gasteiger charge is -2.09. The van der Waals surface area contributed by atoms with Crippen molar-refractivity contribution < 1.29 is 0 Å². The van der Waals surface area contributed by atoms with Gasteiger partial charge in [-0.25, -0.2) is 0 Å². The van der Waals surface area contributed by atoms with Crippen molar-refractivity contribution in [2.24, 2.45) is 0 Å². The molecule has 0 aliphatic carbocycles. The summed E-state index contributed by atoms with van der Waals surface area (Å²) in [4.78, 5) is 0. The van der Waals surface area contributed by atoms with Crippen LogP contribution in [0.4, 0.5) is 11.6 Å². The molecule has 5 rings (SSSR count). The minimum Gasteiger partial charge on any atom is -0.324 e. The fraction of sp³-hybridized carbons (Fsp3) is 0. The average Bonchev–Trinajstić information content (AvgIpc) is 3.18. The van der Waals surface area contributed by atoms with Gasteiger partial charge < -0.3 is 5.32 Å². The van der Waals surface area contributed by atoms with Crippen molar-refractivity contribution in [1.29, 1.82) is 0 Å². The van der Waals surface area contributed by atoms with Crippen LogP contribution in [0.3, 0.4) is 0 Å². The largest absolute Gasteiger partial charge is 0.324 e. The zero-order chi connectivity index (χ0) is 16.6. The molecule has 0 spiro atoms. The van der Waals surface area contributed by atoms with Crippen LogP contribution < -0.4 is 5.32 Å². The van der Waals surface area contributed by atoms with E-state index in [0.29, 0.717) is 0 Å². The Morgan fingerprint density at radius 2 is 1.36 bits per heavy atom. The average molecular weight is 325 g/mol. The lowest BCUT2D eigenvalue weighted by molar-refractivity contribution is 0.838. The predicted octanol–water partition coefficient (Wildman–Crippen LogP) is 4.42. The zero-order valence-corrected chi connectivity index (χ0v) is 13.4. The van der Waals surface area contributed by atoms with Gasteiger partial charge in [0.1, 0.15) is 0 Å². The first-order chi connectivity index (χ1) is 12.4. The molecule has 0 radical (unpaired) electrons. The molecule has 0 fully saturated rings. The number of hydrogen-bond acceptors (Lipinski definition) is 3. The smallest absolute Gasteiger partial charge is 0.234 e. The first-order valence-corrected chi connectivity index (χ1v) is 8.14. The minimum absolute atomic E-state index is 0.727. The maximum absolute atomic E-state index is 4.68. The fourth-order valence-corrected chi connectivity index (χ4v) is 3.07. The van der Waals surface area contributed by atoms with E-state index in [1.54, 1.807) is 4.63 Å². The third-order valence-corrected chi connectivity index (χ3v) is 4.19. The lowest BCUT2D eigenvalue weighted by Crippen LogP contribution is -2.01. The second-order valence-corrected chi connectivity index (χ2v) is 5.82. The van der Waals surface area contributed by atoms with Gasteiger partial charge in [-0.15, -0.1) is 14.8 Å². The Balaban J connectivity index is 1.79. The van der Waals surface area contributed by atoms with Gasteiger partial charge >= 0.3 is 0 Å². The summed E-state index contributed by atoms with van der Waals surface area (Å²) in [6, 6.07) is 28.3.